The van der Waals surface area contributed by atoms with Gasteiger partial charge in [0, 0.05) is 10.2 Å². The number of benzene rings is 2. The van der Waals surface area contributed by atoms with Gasteiger partial charge in [0.1, 0.15) is 0 Å². The fourth-order valence-electron chi connectivity index (χ4n) is 1.50. The minimum absolute atomic E-state index is 0.129. The van der Waals surface area contributed by atoms with Crippen molar-refractivity contribution in [2.75, 3.05) is 11.9 Å². The van der Waals surface area contributed by atoms with E-state index in [4.69, 9.17) is 4.84 Å². The van der Waals surface area contributed by atoms with E-state index in [9.17, 15) is 4.79 Å². The summed E-state index contributed by atoms with van der Waals surface area (Å²) in [5.74, 6) is -0.256. The number of oxime groups is 1. The zero-order valence-corrected chi connectivity index (χ0v) is 12.2. The molecule has 0 heterocycles. The lowest BCUT2D eigenvalue weighted by molar-refractivity contribution is -0.120. The van der Waals surface area contributed by atoms with Crippen molar-refractivity contribution in [3.8, 4) is 0 Å². The molecule has 0 saturated carbocycles. The molecule has 102 valence electrons. The molecule has 2 rings (SSSR count). The number of carbonyl (C=O) groups excluding carboxylic acids is 1. The third-order valence-corrected chi connectivity index (χ3v) is 2.87. The Morgan fingerprint density at radius 1 is 1.20 bits per heavy atom. The lowest BCUT2D eigenvalue weighted by Crippen LogP contribution is -2.16. The molecule has 20 heavy (non-hydrogen) atoms. The number of hydrogen-bond acceptors (Lipinski definition) is 3. The summed E-state index contributed by atoms with van der Waals surface area (Å²) < 4.78 is 0.901. The van der Waals surface area contributed by atoms with Gasteiger partial charge in [0.15, 0.2) is 6.61 Å². The van der Waals surface area contributed by atoms with Crippen molar-refractivity contribution < 1.29 is 9.63 Å². The number of hydrogen-bond donors (Lipinski definition) is 1. The normalized spacial score (nSPS) is 10.4. The summed E-state index contributed by atoms with van der Waals surface area (Å²) in [6.45, 7) is -0.129. The van der Waals surface area contributed by atoms with Gasteiger partial charge >= 0.3 is 0 Å². The van der Waals surface area contributed by atoms with E-state index in [1.54, 1.807) is 12.3 Å². The molecule has 5 heteroatoms. The predicted molar refractivity (Wildman–Crippen MR) is 82.8 cm³/mol. The molecule has 0 fully saturated rings. The second-order valence-corrected chi connectivity index (χ2v) is 4.89. The van der Waals surface area contributed by atoms with Crippen LogP contribution in [0.3, 0.4) is 0 Å². The van der Waals surface area contributed by atoms with Crippen LogP contribution in [0.1, 0.15) is 5.56 Å². The molecule has 0 aliphatic carbocycles. The van der Waals surface area contributed by atoms with Crippen LogP contribution in [0, 0.1) is 0 Å². The maximum absolute atomic E-state index is 11.6. The van der Waals surface area contributed by atoms with Gasteiger partial charge in [-0.25, -0.2) is 0 Å². The van der Waals surface area contributed by atoms with Gasteiger partial charge in [-0.3, -0.25) is 4.79 Å². The van der Waals surface area contributed by atoms with Crippen LogP contribution in [0.4, 0.5) is 5.69 Å². The highest BCUT2D eigenvalue weighted by atomic mass is 79.9. The van der Waals surface area contributed by atoms with Gasteiger partial charge in [0.05, 0.1) is 6.21 Å². The quantitative estimate of drug-likeness (QED) is 0.673. The fraction of sp³-hybridized carbons (Fsp3) is 0.0667. The number of anilines is 1. The molecule has 0 spiro atoms. The smallest absolute Gasteiger partial charge is 0.265 e. The molecule has 0 unspecified atom stereocenters. The molecule has 4 nitrogen and oxygen atoms in total. The molecule has 1 amide bonds. The molecule has 0 aliphatic rings. The summed E-state index contributed by atoms with van der Waals surface area (Å²) in [5.41, 5.74) is 1.62. The molecular formula is C15H13BrN2O2. The molecule has 0 aromatic heterocycles. The van der Waals surface area contributed by atoms with E-state index in [-0.39, 0.29) is 12.5 Å². The van der Waals surface area contributed by atoms with Crippen molar-refractivity contribution in [1.29, 1.82) is 0 Å². The first-order valence-electron chi connectivity index (χ1n) is 6.00. The van der Waals surface area contributed by atoms with Crippen molar-refractivity contribution in [2.45, 2.75) is 0 Å². The van der Waals surface area contributed by atoms with Crippen molar-refractivity contribution >= 4 is 33.7 Å². The highest BCUT2D eigenvalue weighted by Crippen LogP contribution is 2.15. The standard InChI is InChI=1S/C15H13BrN2O2/c16-13-7-4-8-14(9-13)18-15(19)11-20-17-10-12-5-2-1-3-6-12/h1-10H,11H2,(H,18,19)/b17-10-. The highest BCUT2D eigenvalue weighted by Gasteiger charge is 2.02. The van der Waals surface area contributed by atoms with Crippen LogP contribution in [0.5, 0.6) is 0 Å². The van der Waals surface area contributed by atoms with Crippen molar-refractivity contribution in [2.24, 2.45) is 5.16 Å². The number of nitrogens with one attached hydrogen (secondary N) is 1. The maximum atomic E-state index is 11.6. The molecule has 0 aliphatic heterocycles. The molecule has 2 aromatic carbocycles. The first-order chi connectivity index (χ1) is 9.74. The Balaban J connectivity index is 1.77. The average molecular weight is 333 g/mol. The zero-order chi connectivity index (χ0) is 14.2. The van der Waals surface area contributed by atoms with Crippen LogP contribution < -0.4 is 5.32 Å². The van der Waals surface area contributed by atoms with Crippen LogP contribution in [0.15, 0.2) is 64.2 Å². The van der Waals surface area contributed by atoms with Crippen LogP contribution in [-0.2, 0) is 9.63 Å². The van der Waals surface area contributed by atoms with E-state index in [1.165, 1.54) is 0 Å². The summed E-state index contributed by atoms with van der Waals surface area (Å²) in [6, 6.07) is 16.9. The van der Waals surface area contributed by atoms with Gasteiger partial charge in [-0.1, -0.05) is 57.5 Å². The second kappa shape index (κ2) is 7.45. The highest BCUT2D eigenvalue weighted by molar-refractivity contribution is 9.10. The Kier molecular flexibility index (Phi) is 5.32. The van der Waals surface area contributed by atoms with Crippen LogP contribution in [-0.4, -0.2) is 18.7 Å². The van der Waals surface area contributed by atoms with Crippen LogP contribution in [0.2, 0.25) is 0 Å². The molecule has 0 bridgehead atoms. The van der Waals surface area contributed by atoms with Crippen molar-refractivity contribution in [1.82, 2.24) is 0 Å². The number of halogens is 1. The fourth-order valence-corrected chi connectivity index (χ4v) is 1.90. The minimum atomic E-state index is -0.256. The Hall–Kier alpha value is -2.14. The number of carbonyl (C=O) groups is 1. The average Bonchev–Trinajstić information content (AvgIpc) is 2.45. The molecule has 0 saturated heterocycles. The third-order valence-electron chi connectivity index (χ3n) is 2.38. The Morgan fingerprint density at radius 3 is 2.75 bits per heavy atom. The van der Waals surface area contributed by atoms with E-state index in [0.717, 1.165) is 10.0 Å². The van der Waals surface area contributed by atoms with Gasteiger partial charge < -0.3 is 10.2 Å². The summed E-state index contributed by atoms with van der Waals surface area (Å²) in [6.07, 6.45) is 1.56. The summed E-state index contributed by atoms with van der Waals surface area (Å²) in [5, 5.41) is 6.46. The van der Waals surface area contributed by atoms with E-state index < -0.39 is 0 Å². The zero-order valence-electron chi connectivity index (χ0n) is 10.6. The predicted octanol–water partition coefficient (Wildman–Crippen LogP) is 3.44. The van der Waals surface area contributed by atoms with Crippen LogP contribution >= 0.6 is 15.9 Å². The van der Waals surface area contributed by atoms with E-state index in [2.05, 4.69) is 26.4 Å². The topological polar surface area (TPSA) is 50.7 Å². The minimum Gasteiger partial charge on any atom is -0.386 e. The monoisotopic (exact) mass is 332 g/mol. The largest absolute Gasteiger partial charge is 0.386 e. The molecular weight excluding hydrogens is 320 g/mol. The number of nitrogens with zero attached hydrogens (tertiary/aromatic N) is 1. The molecule has 0 radical (unpaired) electrons. The SMILES string of the molecule is O=C(CO/N=C\c1ccccc1)Nc1cccc(Br)c1. The Labute approximate surface area is 125 Å². The van der Waals surface area contributed by atoms with Gasteiger partial charge in [-0.15, -0.1) is 0 Å². The summed E-state index contributed by atoms with van der Waals surface area (Å²) in [4.78, 5) is 16.6. The molecule has 1 N–H and O–H groups in total. The first kappa shape index (κ1) is 14.3. The summed E-state index contributed by atoms with van der Waals surface area (Å²) >= 11 is 3.34. The number of amides is 1. The van der Waals surface area contributed by atoms with Crippen molar-refractivity contribution in [3.63, 3.8) is 0 Å². The first-order valence-corrected chi connectivity index (χ1v) is 6.79. The third kappa shape index (κ3) is 4.85. The van der Waals surface area contributed by atoms with E-state index in [1.807, 2.05) is 48.5 Å². The van der Waals surface area contributed by atoms with E-state index in [0.29, 0.717) is 5.69 Å². The molecule has 0 atom stereocenters. The van der Waals surface area contributed by atoms with Crippen LogP contribution in [0.25, 0.3) is 0 Å². The Bertz CT molecular complexity index is 600. The maximum Gasteiger partial charge on any atom is 0.265 e. The van der Waals surface area contributed by atoms with Gasteiger partial charge in [0.25, 0.3) is 5.91 Å². The van der Waals surface area contributed by atoms with E-state index >= 15 is 0 Å². The Morgan fingerprint density at radius 2 is 2.00 bits per heavy atom. The summed E-state index contributed by atoms with van der Waals surface area (Å²) in [7, 11) is 0. The van der Waals surface area contributed by atoms with Gasteiger partial charge in [-0.2, -0.15) is 0 Å². The van der Waals surface area contributed by atoms with Crippen molar-refractivity contribution in [3.05, 3.63) is 64.6 Å². The van der Waals surface area contributed by atoms with Gasteiger partial charge in [-0.05, 0) is 23.8 Å². The number of rotatable bonds is 5. The second-order valence-electron chi connectivity index (χ2n) is 3.98. The lowest BCUT2D eigenvalue weighted by Gasteiger charge is -2.04. The molecule has 2 aromatic rings. The van der Waals surface area contributed by atoms with Gasteiger partial charge in [0.2, 0.25) is 0 Å². The lowest BCUT2D eigenvalue weighted by atomic mass is 10.2.